The minimum Gasteiger partial charge on any atom is -0.486 e. The fourth-order valence-electron chi connectivity index (χ4n) is 2.78. The molecular formula is C18H19N5O3S2. The van der Waals surface area contributed by atoms with Crippen LogP contribution in [0.25, 0.3) is 0 Å². The molecular weight excluding hydrogens is 398 g/mol. The Bertz CT molecular complexity index is 945. The summed E-state index contributed by atoms with van der Waals surface area (Å²) in [6, 6.07) is 9.61. The minimum atomic E-state index is -0.0271. The highest BCUT2D eigenvalue weighted by atomic mass is 32.2. The van der Waals surface area contributed by atoms with Crippen LogP contribution in [0.2, 0.25) is 0 Å². The molecule has 0 saturated carbocycles. The highest BCUT2D eigenvalue weighted by molar-refractivity contribution is 7.99. The number of ether oxygens (including phenoxy) is 2. The SMILES string of the molecule is CCn1nnnc1SCC(=O)N(Cc1cccs1)c1ccc2c(c1)OCCO2. The van der Waals surface area contributed by atoms with Crippen molar-refractivity contribution in [1.29, 1.82) is 0 Å². The van der Waals surface area contributed by atoms with Gasteiger partial charge in [0.2, 0.25) is 11.1 Å². The zero-order valence-electron chi connectivity index (χ0n) is 15.3. The van der Waals surface area contributed by atoms with Crippen molar-refractivity contribution in [2.24, 2.45) is 0 Å². The number of thioether (sulfide) groups is 1. The van der Waals surface area contributed by atoms with Crippen molar-refractivity contribution in [2.75, 3.05) is 23.9 Å². The minimum absolute atomic E-state index is 0.0271. The number of amides is 1. The summed E-state index contributed by atoms with van der Waals surface area (Å²) in [5.41, 5.74) is 0.776. The van der Waals surface area contributed by atoms with Crippen LogP contribution in [0.5, 0.6) is 11.5 Å². The number of hydrogen-bond acceptors (Lipinski definition) is 8. The molecule has 0 fully saturated rings. The lowest BCUT2D eigenvalue weighted by Crippen LogP contribution is -2.32. The predicted octanol–water partition coefficient (Wildman–Crippen LogP) is 2.85. The van der Waals surface area contributed by atoms with Crippen LogP contribution in [0.15, 0.2) is 40.9 Å². The van der Waals surface area contributed by atoms with E-state index in [2.05, 4.69) is 15.5 Å². The van der Waals surface area contributed by atoms with Crippen LogP contribution in [0.1, 0.15) is 11.8 Å². The van der Waals surface area contributed by atoms with Gasteiger partial charge in [0.15, 0.2) is 11.5 Å². The molecule has 0 N–H and O–H groups in total. The molecule has 0 saturated heterocycles. The lowest BCUT2D eigenvalue weighted by atomic mass is 10.2. The first-order valence-electron chi connectivity index (χ1n) is 8.86. The maximum Gasteiger partial charge on any atom is 0.237 e. The zero-order valence-corrected chi connectivity index (χ0v) is 16.9. The standard InChI is InChI=1S/C18H19N5O3S2/c1-2-23-18(19-20-21-23)28-12-17(24)22(11-14-4-3-9-27-14)13-5-6-15-16(10-13)26-8-7-25-15/h3-6,9-10H,2,7-8,11-12H2,1H3. The van der Waals surface area contributed by atoms with E-state index in [1.165, 1.54) is 11.8 Å². The Morgan fingerprint density at radius 2 is 2.14 bits per heavy atom. The number of aryl methyl sites for hydroxylation is 1. The van der Waals surface area contributed by atoms with Crippen molar-refractivity contribution in [3.63, 3.8) is 0 Å². The van der Waals surface area contributed by atoms with Gasteiger partial charge in [0, 0.05) is 23.2 Å². The van der Waals surface area contributed by atoms with Crippen LogP contribution in [0, 0.1) is 0 Å². The molecule has 0 radical (unpaired) electrons. The van der Waals surface area contributed by atoms with Crippen LogP contribution in [-0.2, 0) is 17.9 Å². The van der Waals surface area contributed by atoms with Gasteiger partial charge in [-0.15, -0.1) is 16.4 Å². The Kier molecular flexibility index (Phi) is 5.77. The first kappa shape index (κ1) is 18.8. The van der Waals surface area contributed by atoms with Crippen LogP contribution < -0.4 is 14.4 Å². The van der Waals surface area contributed by atoms with Crippen molar-refractivity contribution >= 4 is 34.7 Å². The molecule has 1 aromatic carbocycles. The maximum atomic E-state index is 13.1. The summed E-state index contributed by atoms with van der Waals surface area (Å²) in [5.74, 6) is 1.58. The van der Waals surface area contributed by atoms with E-state index in [4.69, 9.17) is 9.47 Å². The molecule has 0 atom stereocenters. The van der Waals surface area contributed by atoms with E-state index in [0.29, 0.717) is 43.0 Å². The van der Waals surface area contributed by atoms with Crippen LogP contribution >= 0.6 is 23.1 Å². The summed E-state index contributed by atoms with van der Waals surface area (Å²) in [4.78, 5) is 16.0. The number of rotatable bonds is 7. The Morgan fingerprint density at radius 3 is 2.93 bits per heavy atom. The van der Waals surface area contributed by atoms with Gasteiger partial charge in [-0.3, -0.25) is 4.79 Å². The lowest BCUT2D eigenvalue weighted by Gasteiger charge is -2.25. The Balaban J connectivity index is 1.55. The van der Waals surface area contributed by atoms with Gasteiger partial charge >= 0.3 is 0 Å². The van der Waals surface area contributed by atoms with Gasteiger partial charge < -0.3 is 14.4 Å². The summed E-state index contributed by atoms with van der Waals surface area (Å²) >= 11 is 2.95. The van der Waals surface area contributed by atoms with Crippen LogP contribution in [0.4, 0.5) is 5.69 Å². The first-order chi connectivity index (χ1) is 13.7. The van der Waals surface area contributed by atoms with Crippen LogP contribution in [-0.4, -0.2) is 45.1 Å². The zero-order chi connectivity index (χ0) is 19.3. The number of fused-ring (bicyclic) bond motifs is 1. The summed E-state index contributed by atoms with van der Waals surface area (Å²) < 4.78 is 12.9. The van der Waals surface area contributed by atoms with E-state index >= 15 is 0 Å². The molecule has 1 amide bonds. The Labute approximate surface area is 170 Å². The third-order valence-electron chi connectivity index (χ3n) is 4.16. The number of carbonyl (C=O) groups is 1. The smallest absolute Gasteiger partial charge is 0.237 e. The van der Waals surface area contributed by atoms with Crippen molar-refractivity contribution in [3.05, 3.63) is 40.6 Å². The molecule has 0 unspecified atom stereocenters. The average molecular weight is 418 g/mol. The number of nitrogens with zero attached hydrogens (tertiary/aromatic N) is 5. The molecule has 0 spiro atoms. The molecule has 0 bridgehead atoms. The van der Waals surface area contributed by atoms with E-state index in [1.54, 1.807) is 20.9 Å². The van der Waals surface area contributed by atoms with Crippen molar-refractivity contribution in [3.8, 4) is 11.5 Å². The van der Waals surface area contributed by atoms with Gasteiger partial charge in [0.1, 0.15) is 13.2 Å². The highest BCUT2D eigenvalue weighted by Crippen LogP contribution is 2.35. The van der Waals surface area contributed by atoms with Gasteiger partial charge in [0.25, 0.3) is 0 Å². The molecule has 3 aromatic rings. The second kappa shape index (κ2) is 8.61. The van der Waals surface area contributed by atoms with Crippen molar-refractivity contribution in [2.45, 2.75) is 25.2 Å². The van der Waals surface area contributed by atoms with Crippen molar-refractivity contribution < 1.29 is 14.3 Å². The number of anilines is 1. The summed E-state index contributed by atoms with van der Waals surface area (Å²) in [6.07, 6.45) is 0. The fourth-order valence-corrected chi connectivity index (χ4v) is 4.29. The molecule has 28 heavy (non-hydrogen) atoms. The van der Waals surface area contributed by atoms with Gasteiger partial charge in [-0.2, -0.15) is 0 Å². The van der Waals surface area contributed by atoms with Gasteiger partial charge in [-0.25, -0.2) is 4.68 Å². The largest absolute Gasteiger partial charge is 0.486 e. The second-order valence-electron chi connectivity index (χ2n) is 5.95. The maximum absolute atomic E-state index is 13.1. The summed E-state index contributed by atoms with van der Waals surface area (Å²) in [5, 5.41) is 14.2. The normalized spacial score (nSPS) is 12.8. The van der Waals surface area contributed by atoms with E-state index in [1.807, 2.05) is 42.6 Å². The summed E-state index contributed by atoms with van der Waals surface area (Å²) in [6.45, 7) is 4.15. The van der Waals surface area contributed by atoms with E-state index < -0.39 is 0 Å². The average Bonchev–Trinajstić information content (AvgIpc) is 3.41. The number of hydrogen-bond donors (Lipinski definition) is 0. The highest BCUT2D eigenvalue weighted by Gasteiger charge is 2.21. The monoisotopic (exact) mass is 417 g/mol. The van der Waals surface area contributed by atoms with E-state index in [0.717, 1.165) is 10.6 Å². The topological polar surface area (TPSA) is 82.4 Å². The Hall–Kier alpha value is -2.59. The second-order valence-corrected chi connectivity index (χ2v) is 7.93. The first-order valence-corrected chi connectivity index (χ1v) is 10.7. The fraction of sp³-hybridized carbons (Fsp3) is 0.333. The molecule has 0 aliphatic carbocycles. The van der Waals surface area contributed by atoms with Crippen molar-refractivity contribution in [1.82, 2.24) is 20.2 Å². The number of benzene rings is 1. The molecule has 10 heteroatoms. The van der Waals surface area contributed by atoms with Gasteiger partial charge in [-0.1, -0.05) is 17.8 Å². The van der Waals surface area contributed by atoms with Crippen LogP contribution in [0.3, 0.4) is 0 Å². The molecule has 2 aromatic heterocycles. The van der Waals surface area contributed by atoms with Gasteiger partial charge in [-0.05, 0) is 40.9 Å². The lowest BCUT2D eigenvalue weighted by molar-refractivity contribution is -0.116. The Morgan fingerprint density at radius 1 is 1.29 bits per heavy atom. The third-order valence-corrected chi connectivity index (χ3v) is 5.96. The molecule has 1 aliphatic rings. The van der Waals surface area contributed by atoms with E-state index in [9.17, 15) is 4.79 Å². The molecule has 4 rings (SSSR count). The number of aromatic nitrogens is 4. The number of thiophene rings is 1. The molecule has 3 heterocycles. The van der Waals surface area contributed by atoms with Gasteiger partial charge in [0.05, 0.1) is 12.3 Å². The number of tetrazole rings is 1. The number of carbonyl (C=O) groups excluding carboxylic acids is 1. The molecule has 8 nitrogen and oxygen atoms in total. The third kappa shape index (κ3) is 4.12. The van der Waals surface area contributed by atoms with E-state index in [-0.39, 0.29) is 11.7 Å². The molecule has 1 aliphatic heterocycles. The predicted molar refractivity (Wildman–Crippen MR) is 107 cm³/mol. The molecule has 146 valence electrons. The quantitative estimate of drug-likeness (QED) is 0.547. The summed E-state index contributed by atoms with van der Waals surface area (Å²) in [7, 11) is 0.